The molecule has 0 aromatic carbocycles. The van der Waals surface area contributed by atoms with Crippen LogP contribution in [0.2, 0.25) is 0 Å². The number of rotatable bonds is 4. The first-order chi connectivity index (χ1) is 8.14. The number of nitrogens with two attached hydrogens (primary N) is 1. The van der Waals surface area contributed by atoms with Gasteiger partial charge in [-0.05, 0) is 13.8 Å². The molecule has 3 N–H and O–H groups in total. The van der Waals surface area contributed by atoms with Gasteiger partial charge in [0, 0.05) is 18.4 Å². The molecule has 6 nitrogen and oxygen atoms in total. The first-order valence-corrected chi connectivity index (χ1v) is 6.02. The average Bonchev–Trinajstić information content (AvgIpc) is 2.21. The van der Waals surface area contributed by atoms with Gasteiger partial charge in [-0.25, -0.2) is 0 Å². The van der Waals surface area contributed by atoms with E-state index in [9.17, 15) is 9.59 Å². The zero-order valence-electron chi connectivity index (χ0n) is 11.4. The molecule has 1 unspecified atom stereocenters. The molecule has 0 aromatic heterocycles. The summed E-state index contributed by atoms with van der Waals surface area (Å²) in [6.45, 7) is 8.01. The van der Waals surface area contributed by atoms with Crippen LogP contribution in [0, 0.1) is 5.41 Å². The zero-order chi connectivity index (χ0) is 14.0. The van der Waals surface area contributed by atoms with E-state index in [1.807, 2.05) is 13.8 Å². The van der Waals surface area contributed by atoms with Crippen LogP contribution in [-0.2, 0) is 19.1 Å². The monoisotopic (exact) mass is 258 g/mol. The Morgan fingerprint density at radius 2 is 1.94 bits per heavy atom. The summed E-state index contributed by atoms with van der Waals surface area (Å²) in [5.41, 5.74) is 4.60. The Kier molecular flexibility index (Phi) is 4.34. The number of carbonyl (C=O) groups is 2. The maximum Gasteiger partial charge on any atom is 0.249 e. The highest BCUT2D eigenvalue weighted by Crippen LogP contribution is 2.34. The van der Waals surface area contributed by atoms with Gasteiger partial charge in [0.15, 0.2) is 5.79 Å². The molecule has 1 aliphatic rings. The van der Waals surface area contributed by atoms with E-state index in [4.69, 9.17) is 15.2 Å². The predicted octanol–water partition coefficient (Wildman–Crippen LogP) is 0.156. The smallest absolute Gasteiger partial charge is 0.249 e. The summed E-state index contributed by atoms with van der Waals surface area (Å²) in [5, 5.41) is 2.66. The Hall–Kier alpha value is -1.14. The van der Waals surface area contributed by atoms with Crippen molar-refractivity contribution in [3.63, 3.8) is 0 Å². The van der Waals surface area contributed by atoms with Crippen molar-refractivity contribution in [1.29, 1.82) is 0 Å². The van der Waals surface area contributed by atoms with Gasteiger partial charge in [-0.3, -0.25) is 9.59 Å². The van der Waals surface area contributed by atoms with Crippen LogP contribution in [0.5, 0.6) is 0 Å². The van der Waals surface area contributed by atoms with Crippen molar-refractivity contribution < 1.29 is 19.1 Å². The minimum absolute atomic E-state index is 0.124. The second-order valence-electron chi connectivity index (χ2n) is 5.68. The first kappa shape index (κ1) is 14.9. The molecule has 2 amide bonds. The molecule has 0 bridgehead atoms. The molecule has 0 aromatic rings. The van der Waals surface area contributed by atoms with E-state index in [-0.39, 0.29) is 18.9 Å². The van der Waals surface area contributed by atoms with Gasteiger partial charge in [-0.1, -0.05) is 13.8 Å². The van der Waals surface area contributed by atoms with Gasteiger partial charge in [0.25, 0.3) is 0 Å². The maximum absolute atomic E-state index is 12.0. The van der Waals surface area contributed by atoms with E-state index >= 15 is 0 Å². The van der Waals surface area contributed by atoms with Crippen molar-refractivity contribution >= 4 is 11.8 Å². The fraction of sp³-hybridized carbons (Fsp3) is 0.833. The lowest BCUT2D eigenvalue weighted by Crippen LogP contribution is -2.56. The fourth-order valence-corrected chi connectivity index (χ4v) is 1.72. The average molecular weight is 258 g/mol. The lowest BCUT2D eigenvalue weighted by Gasteiger charge is -2.44. The number of amides is 2. The van der Waals surface area contributed by atoms with Crippen LogP contribution < -0.4 is 11.1 Å². The zero-order valence-corrected chi connectivity index (χ0v) is 11.4. The fourth-order valence-electron chi connectivity index (χ4n) is 1.72. The number of hydrogen-bond acceptors (Lipinski definition) is 4. The highest BCUT2D eigenvalue weighted by Gasteiger charge is 2.45. The van der Waals surface area contributed by atoms with Crippen molar-refractivity contribution in [3.8, 4) is 0 Å². The molecule has 0 radical (unpaired) electrons. The second kappa shape index (κ2) is 5.24. The number of carbonyl (C=O) groups excluding carboxylic acids is 2. The van der Waals surface area contributed by atoms with Gasteiger partial charge in [0.1, 0.15) is 6.10 Å². The highest BCUT2D eigenvalue weighted by molar-refractivity contribution is 5.82. The third-order valence-corrected chi connectivity index (χ3v) is 2.81. The molecule has 0 aliphatic carbocycles. The Labute approximate surface area is 107 Å². The molecule has 1 saturated heterocycles. The van der Waals surface area contributed by atoms with Gasteiger partial charge in [0.05, 0.1) is 6.61 Å². The summed E-state index contributed by atoms with van der Waals surface area (Å²) in [5.74, 6) is -1.46. The summed E-state index contributed by atoms with van der Waals surface area (Å²) < 4.78 is 11.2. The molecule has 0 spiro atoms. The standard InChI is InChI=1S/C12H22N2O4/c1-11(2)7-17-12(3,4)18-9(11)10(16)14-6-5-8(13)15/h9H,5-7H2,1-4H3,(H2,13,15)(H,14,16). The van der Waals surface area contributed by atoms with Crippen molar-refractivity contribution in [1.82, 2.24) is 5.32 Å². The second-order valence-corrected chi connectivity index (χ2v) is 5.68. The SMILES string of the molecule is CC1(C)OCC(C)(C)C(C(=O)NCCC(N)=O)O1. The van der Waals surface area contributed by atoms with E-state index in [1.165, 1.54) is 0 Å². The summed E-state index contributed by atoms with van der Waals surface area (Å²) in [6, 6.07) is 0. The first-order valence-electron chi connectivity index (χ1n) is 6.02. The van der Waals surface area contributed by atoms with E-state index < -0.39 is 23.2 Å². The lowest BCUT2D eigenvalue weighted by molar-refractivity contribution is -0.304. The van der Waals surface area contributed by atoms with Crippen molar-refractivity contribution in [2.75, 3.05) is 13.2 Å². The summed E-state index contributed by atoms with van der Waals surface area (Å²) in [6.07, 6.45) is -0.479. The van der Waals surface area contributed by atoms with Crippen LogP contribution in [0.25, 0.3) is 0 Å². The molecule has 18 heavy (non-hydrogen) atoms. The topological polar surface area (TPSA) is 90.6 Å². The number of hydrogen-bond donors (Lipinski definition) is 2. The Morgan fingerprint density at radius 1 is 1.33 bits per heavy atom. The van der Waals surface area contributed by atoms with Crippen molar-refractivity contribution in [2.45, 2.75) is 46.0 Å². The summed E-state index contributed by atoms with van der Waals surface area (Å²) in [4.78, 5) is 22.6. The number of ether oxygens (including phenoxy) is 2. The molecule has 104 valence electrons. The molecular weight excluding hydrogens is 236 g/mol. The molecule has 1 rings (SSSR count). The minimum atomic E-state index is -0.777. The van der Waals surface area contributed by atoms with Gasteiger partial charge >= 0.3 is 0 Å². The Morgan fingerprint density at radius 3 is 2.50 bits per heavy atom. The molecular formula is C12H22N2O4. The molecule has 1 heterocycles. The van der Waals surface area contributed by atoms with Crippen molar-refractivity contribution in [3.05, 3.63) is 0 Å². The maximum atomic E-state index is 12.0. The Balaban J connectivity index is 2.60. The quantitative estimate of drug-likeness (QED) is 0.751. The van der Waals surface area contributed by atoms with Crippen LogP contribution >= 0.6 is 0 Å². The molecule has 0 saturated carbocycles. The normalized spacial score (nSPS) is 25.4. The van der Waals surface area contributed by atoms with E-state index in [0.717, 1.165) is 0 Å². The van der Waals surface area contributed by atoms with Crippen LogP contribution in [0.4, 0.5) is 0 Å². The predicted molar refractivity (Wildman–Crippen MR) is 65.5 cm³/mol. The van der Waals surface area contributed by atoms with Crippen LogP contribution in [0.15, 0.2) is 0 Å². The van der Waals surface area contributed by atoms with Crippen LogP contribution in [0.3, 0.4) is 0 Å². The third kappa shape index (κ3) is 3.96. The van der Waals surface area contributed by atoms with Gasteiger partial charge < -0.3 is 20.5 Å². The number of primary amides is 1. The molecule has 1 aliphatic heterocycles. The van der Waals surface area contributed by atoms with Gasteiger partial charge in [-0.2, -0.15) is 0 Å². The summed E-state index contributed by atoms with van der Waals surface area (Å²) >= 11 is 0. The third-order valence-electron chi connectivity index (χ3n) is 2.81. The van der Waals surface area contributed by atoms with Gasteiger partial charge in [-0.15, -0.1) is 0 Å². The number of nitrogens with one attached hydrogen (secondary N) is 1. The largest absolute Gasteiger partial charge is 0.370 e. The molecule has 1 fully saturated rings. The minimum Gasteiger partial charge on any atom is -0.370 e. The Bertz CT molecular complexity index is 339. The van der Waals surface area contributed by atoms with Crippen LogP contribution in [0.1, 0.15) is 34.1 Å². The van der Waals surface area contributed by atoms with E-state index in [1.54, 1.807) is 13.8 Å². The van der Waals surface area contributed by atoms with Crippen LogP contribution in [-0.4, -0.2) is 36.9 Å². The molecule has 6 heteroatoms. The highest BCUT2D eigenvalue weighted by atomic mass is 16.7. The van der Waals surface area contributed by atoms with E-state index in [0.29, 0.717) is 6.61 Å². The van der Waals surface area contributed by atoms with Crippen molar-refractivity contribution in [2.24, 2.45) is 11.1 Å². The lowest BCUT2D eigenvalue weighted by atomic mass is 9.85. The summed E-state index contributed by atoms with van der Waals surface area (Å²) in [7, 11) is 0. The van der Waals surface area contributed by atoms with Gasteiger partial charge in [0.2, 0.25) is 11.8 Å². The molecule has 1 atom stereocenters. The van der Waals surface area contributed by atoms with E-state index in [2.05, 4.69) is 5.32 Å².